The van der Waals surface area contributed by atoms with Gasteiger partial charge in [-0.15, -0.1) is 12.3 Å². The zero-order chi connectivity index (χ0) is 11.5. The third kappa shape index (κ3) is 2.28. The van der Waals surface area contributed by atoms with Crippen LogP contribution in [0.5, 0.6) is 0 Å². The Bertz CT molecular complexity index is 449. The first-order chi connectivity index (χ1) is 7.70. The van der Waals surface area contributed by atoms with Gasteiger partial charge in [-0.25, -0.2) is 0 Å². The molecule has 82 valence electrons. The summed E-state index contributed by atoms with van der Waals surface area (Å²) in [7, 11) is 0. The van der Waals surface area contributed by atoms with E-state index in [0.717, 1.165) is 10.0 Å². The first-order valence-corrected chi connectivity index (χ1v) is 5.97. The maximum atomic E-state index is 11.7. The van der Waals surface area contributed by atoms with E-state index in [1.165, 1.54) is 0 Å². The highest BCUT2D eigenvalue weighted by Gasteiger charge is 2.28. The molecule has 0 N–H and O–H groups in total. The molecule has 1 heterocycles. The van der Waals surface area contributed by atoms with Crippen LogP contribution >= 0.6 is 15.9 Å². The number of halogens is 1. The van der Waals surface area contributed by atoms with Gasteiger partial charge in [0, 0.05) is 29.9 Å². The number of carbonyl (C=O) groups is 1. The Labute approximate surface area is 104 Å². The van der Waals surface area contributed by atoms with Crippen LogP contribution in [0.3, 0.4) is 0 Å². The Morgan fingerprint density at radius 1 is 1.50 bits per heavy atom. The molecule has 0 aliphatic carbocycles. The number of rotatable bonds is 2. The molecule has 1 aliphatic heterocycles. The second-order valence-corrected chi connectivity index (χ2v) is 4.79. The summed E-state index contributed by atoms with van der Waals surface area (Å²) < 4.78 is 1.03. The lowest BCUT2D eigenvalue weighted by molar-refractivity contribution is -0.128. The van der Waals surface area contributed by atoms with E-state index in [0.29, 0.717) is 19.5 Å². The van der Waals surface area contributed by atoms with Gasteiger partial charge in [-0.3, -0.25) is 4.79 Å². The molecule has 1 aromatic rings. The molecule has 2 rings (SSSR count). The average Bonchev–Trinajstić information content (AvgIpc) is 2.63. The molecule has 0 radical (unpaired) electrons. The summed E-state index contributed by atoms with van der Waals surface area (Å²) in [6.45, 7) is 1.31. The maximum Gasteiger partial charge on any atom is 0.224 e. The van der Waals surface area contributed by atoms with E-state index in [1.807, 2.05) is 29.2 Å². The summed E-state index contributed by atoms with van der Waals surface area (Å²) >= 11 is 3.48. The van der Waals surface area contributed by atoms with Gasteiger partial charge in [0.1, 0.15) is 0 Å². The number of terminal acetylenes is 1. The SMILES string of the molecule is C#CC1CC(=O)N(Cc2ccccc2Br)C1. The summed E-state index contributed by atoms with van der Waals surface area (Å²) in [5.41, 5.74) is 1.12. The van der Waals surface area contributed by atoms with Crippen molar-refractivity contribution in [3.05, 3.63) is 34.3 Å². The normalized spacial score (nSPS) is 19.9. The van der Waals surface area contributed by atoms with Crippen LogP contribution in [0.4, 0.5) is 0 Å². The van der Waals surface area contributed by atoms with Crippen LogP contribution < -0.4 is 0 Å². The minimum atomic E-state index is 0.0787. The van der Waals surface area contributed by atoms with Crippen molar-refractivity contribution in [2.75, 3.05) is 6.54 Å². The number of likely N-dealkylation sites (tertiary alicyclic amines) is 1. The smallest absolute Gasteiger partial charge is 0.224 e. The second-order valence-electron chi connectivity index (χ2n) is 3.93. The molecular weight excluding hydrogens is 266 g/mol. The van der Waals surface area contributed by atoms with Crippen LogP contribution in [0.15, 0.2) is 28.7 Å². The van der Waals surface area contributed by atoms with Gasteiger partial charge in [0.25, 0.3) is 0 Å². The zero-order valence-electron chi connectivity index (χ0n) is 8.82. The van der Waals surface area contributed by atoms with E-state index < -0.39 is 0 Å². The van der Waals surface area contributed by atoms with Crippen molar-refractivity contribution in [1.29, 1.82) is 0 Å². The van der Waals surface area contributed by atoms with Gasteiger partial charge in [0.2, 0.25) is 5.91 Å². The number of hydrogen-bond acceptors (Lipinski definition) is 1. The van der Waals surface area contributed by atoms with Crippen molar-refractivity contribution in [2.24, 2.45) is 5.92 Å². The van der Waals surface area contributed by atoms with Crippen LogP contribution in [0.2, 0.25) is 0 Å². The van der Waals surface area contributed by atoms with Crippen LogP contribution in [-0.2, 0) is 11.3 Å². The minimum absolute atomic E-state index is 0.0787. The van der Waals surface area contributed by atoms with E-state index in [1.54, 1.807) is 0 Å². The van der Waals surface area contributed by atoms with Gasteiger partial charge in [-0.2, -0.15) is 0 Å². The Kier molecular flexibility index (Phi) is 3.31. The number of amides is 1. The number of benzene rings is 1. The van der Waals surface area contributed by atoms with Gasteiger partial charge < -0.3 is 4.90 Å². The van der Waals surface area contributed by atoms with Gasteiger partial charge in [-0.05, 0) is 11.6 Å². The van der Waals surface area contributed by atoms with Gasteiger partial charge in [0.05, 0.1) is 0 Å². The zero-order valence-corrected chi connectivity index (χ0v) is 10.4. The van der Waals surface area contributed by atoms with Gasteiger partial charge >= 0.3 is 0 Å². The van der Waals surface area contributed by atoms with E-state index in [2.05, 4.69) is 21.9 Å². The molecule has 1 unspecified atom stereocenters. The third-order valence-corrected chi connectivity index (χ3v) is 3.54. The quantitative estimate of drug-likeness (QED) is 0.761. The molecule has 0 aromatic heterocycles. The summed E-state index contributed by atoms with van der Waals surface area (Å²) in [4.78, 5) is 13.5. The fourth-order valence-corrected chi connectivity index (χ4v) is 2.28. The lowest BCUT2D eigenvalue weighted by Gasteiger charge is -2.16. The van der Waals surface area contributed by atoms with Gasteiger partial charge in [0.15, 0.2) is 0 Å². The Morgan fingerprint density at radius 2 is 2.25 bits per heavy atom. The molecule has 16 heavy (non-hydrogen) atoms. The topological polar surface area (TPSA) is 20.3 Å². The molecule has 1 amide bonds. The van der Waals surface area contributed by atoms with Crippen molar-refractivity contribution in [2.45, 2.75) is 13.0 Å². The number of carbonyl (C=O) groups excluding carboxylic acids is 1. The fraction of sp³-hybridized carbons (Fsp3) is 0.308. The van der Waals surface area contributed by atoms with Crippen LogP contribution in [0.25, 0.3) is 0 Å². The molecule has 1 atom stereocenters. The highest BCUT2D eigenvalue weighted by atomic mass is 79.9. The van der Waals surface area contributed by atoms with Crippen LogP contribution in [0.1, 0.15) is 12.0 Å². The standard InChI is InChI=1S/C13H12BrNO/c1-2-10-7-13(16)15(8-10)9-11-5-3-4-6-12(11)14/h1,3-6,10H,7-9H2. The van der Waals surface area contributed by atoms with E-state index in [9.17, 15) is 4.79 Å². The van der Waals surface area contributed by atoms with Crippen molar-refractivity contribution in [3.8, 4) is 12.3 Å². The van der Waals surface area contributed by atoms with Crippen molar-refractivity contribution >= 4 is 21.8 Å². The Balaban J connectivity index is 2.09. The lowest BCUT2D eigenvalue weighted by atomic mass is 10.1. The monoisotopic (exact) mass is 277 g/mol. The molecule has 0 spiro atoms. The molecule has 0 saturated carbocycles. The van der Waals surface area contributed by atoms with E-state index >= 15 is 0 Å². The molecule has 1 aromatic carbocycles. The average molecular weight is 278 g/mol. The predicted molar refractivity (Wildman–Crippen MR) is 66.5 cm³/mol. The molecular formula is C13H12BrNO. The molecule has 1 fully saturated rings. The first-order valence-electron chi connectivity index (χ1n) is 5.18. The Hall–Kier alpha value is -1.27. The van der Waals surface area contributed by atoms with Crippen molar-refractivity contribution in [1.82, 2.24) is 4.90 Å². The molecule has 1 aliphatic rings. The molecule has 0 bridgehead atoms. The van der Waals surface area contributed by atoms with Gasteiger partial charge in [-0.1, -0.05) is 34.1 Å². The fourth-order valence-electron chi connectivity index (χ4n) is 1.87. The van der Waals surface area contributed by atoms with Crippen LogP contribution in [-0.4, -0.2) is 17.4 Å². The molecule has 3 heteroatoms. The minimum Gasteiger partial charge on any atom is -0.337 e. The van der Waals surface area contributed by atoms with E-state index in [4.69, 9.17) is 6.42 Å². The molecule has 2 nitrogen and oxygen atoms in total. The summed E-state index contributed by atoms with van der Waals surface area (Å²) in [6.07, 6.45) is 5.83. The Morgan fingerprint density at radius 3 is 2.88 bits per heavy atom. The molecule has 1 saturated heterocycles. The van der Waals surface area contributed by atoms with Crippen molar-refractivity contribution in [3.63, 3.8) is 0 Å². The van der Waals surface area contributed by atoms with E-state index in [-0.39, 0.29) is 11.8 Å². The third-order valence-electron chi connectivity index (χ3n) is 2.77. The number of nitrogens with zero attached hydrogens (tertiary/aromatic N) is 1. The summed E-state index contributed by atoms with van der Waals surface area (Å²) in [6, 6.07) is 7.93. The highest BCUT2D eigenvalue weighted by molar-refractivity contribution is 9.10. The van der Waals surface area contributed by atoms with Crippen molar-refractivity contribution < 1.29 is 4.79 Å². The predicted octanol–water partition coefficient (Wildman–Crippen LogP) is 2.43. The summed E-state index contributed by atoms with van der Waals surface area (Å²) in [5.74, 6) is 2.88. The second kappa shape index (κ2) is 4.71. The first kappa shape index (κ1) is 11.2. The highest BCUT2D eigenvalue weighted by Crippen LogP contribution is 2.23. The van der Waals surface area contributed by atoms with Crippen LogP contribution in [0, 0.1) is 18.3 Å². The largest absolute Gasteiger partial charge is 0.337 e. The summed E-state index contributed by atoms with van der Waals surface area (Å²) in [5, 5.41) is 0. The lowest BCUT2D eigenvalue weighted by Crippen LogP contribution is -2.24. The number of hydrogen-bond donors (Lipinski definition) is 0. The maximum absolute atomic E-state index is 11.7.